The van der Waals surface area contributed by atoms with Gasteiger partial charge in [-0.1, -0.05) is 0 Å². The molecule has 0 aromatic rings. The summed E-state index contributed by atoms with van der Waals surface area (Å²) in [4.78, 5) is 0. The predicted octanol–water partition coefficient (Wildman–Crippen LogP) is 2.09. The molecule has 0 spiro atoms. The van der Waals surface area contributed by atoms with Gasteiger partial charge < -0.3 is 0 Å². The Morgan fingerprint density at radius 1 is 1.62 bits per heavy atom. The monoisotopic (exact) mass is 290 g/mol. The average Bonchev–Trinajstić information content (AvgIpc) is 1.82. The summed E-state index contributed by atoms with van der Waals surface area (Å²) in [5.74, 6) is 0. The molecule has 8 heavy (non-hydrogen) atoms. The van der Waals surface area contributed by atoms with Crippen LogP contribution in [0.15, 0.2) is 9.16 Å². The van der Waals surface area contributed by atoms with Gasteiger partial charge in [-0.25, -0.2) is 0 Å². The Kier molecular flexibility index (Phi) is 2.37. The van der Waals surface area contributed by atoms with Crippen molar-refractivity contribution < 1.29 is 3.10 Å². The van der Waals surface area contributed by atoms with Crippen molar-refractivity contribution in [2.24, 2.45) is 0 Å². The molecule has 0 saturated heterocycles. The fraction of sp³-hybridized carbons (Fsp3) is 0.333. The molecule has 0 aromatic heterocycles. The zero-order chi connectivity index (χ0) is 6.20. The van der Waals surface area contributed by atoms with Gasteiger partial charge in [-0.05, 0) is 0 Å². The summed E-state index contributed by atoms with van der Waals surface area (Å²) in [6.45, 7) is 0.398. The molecule has 0 N–H and O–H groups in total. The standard InChI is InChI=1S/C3H3Cl3OTe/c4-3-1-7-8(5,6)2-3/h2H,1H2. The quantitative estimate of drug-likeness (QED) is 0.621. The predicted molar refractivity (Wildman–Crippen MR) is 37.3 cm³/mol. The number of halogens is 3. The van der Waals surface area contributed by atoms with Crippen molar-refractivity contribution in [1.29, 1.82) is 0 Å². The van der Waals surface area contributed by atoms with Gasteiger partial charge in [0.2, 0.25) is 0 Å². The Bertz CT molecular complexity index is 132. The Labute approximate surface area is 64.4 Å². The van der Waals surface area contributed by atoms with E-state index in [-0.39, 0.29) is 0 Å². The first kappa shape index (κ1) is 7.47. The summed E-state index contributed by atoms with van der Waals surface area (Å²) in [6.07, 6.45) is 0. The Hall–Kier alpha value is 1.36. The van der Waals surface area contributed by atoms with Crippen LogP contribution in [0.2, 0.25) is 0 Å². The van der Waals surface area contributed by atoms with Gasteiger partial charge in [0.05, 0.1) is 0 Å². The minimum atomic E-state index is -2.92. The van der Waals surface area contributed by atoms with E-state index in [2.05, 4.69) is 0 Å². The van der Waals surface area contributed by atoms with Gasteiger partial charge in [0.25, 0.3) is 0 Å². The summed E-state index contributed by atoms with van der Waals surface area (Å²) in [6, 6.07) is 0. The van der Waals surface area contributed by atoms with Crippen LogP contribution in [0.25, 0.3) is 0 Å². The molecule has 1 nitrogen and oxygen atoms in total. The molecule has 0 radical (unpaired) electrons. The number of hydrogen-bond donors (Lipinski definition) is 0. The molecule has 0 amide bonds. The second-order valence-electron chi connectivity index (χ2n) is 1.29. The fourth-order valence-corrected chi connectivity index (χ4v) is 6.15. The third kappa shape index (κ3) is 1.95. The maximum absolute atomic E-state index is 5.63. The Balaban J connectivity index is 2.67. The fourth-order valence-electron chi connectivity index (χ4n) is 0.352. The van der Waals surface area contributed by atoms with E-state index in [9.17, 15) is 0 Å². The molecular formula is C3H3Cl3OTe. The second kappa shape index (κ2) is 2.54. The van der Waals surface area contributed by atoms with Crippen molar-refractivity contribution >= 4 is 45.9 Å². The second-order valence-corrected chi connectivity index (χ2v) is 12.9. The van der Waals surface area contributed by atoms with Crippen molar-refractivity contribution in [2.75, 3.05) is 6.61 Å². The Morgan fingerprint density at radius 2 is 2.25 bits per heavy atom. The van der Waals surface area contributed by atoms with Crippen LogP contribution in [-0.2, 0) is 3.10 Å². The van der Waals surface area contributed by atoms with E-state index in [0.29, 0.717) is 11.6 Å². The van der Waals surface area contributed by atoms with Crippen molar-refractivity contribution in [3.8, 4) is 0 Å². The third-order valence-electron chi connectivity index (χ3n) is 0.619. The van der Waals surface area contributed by atoms with Gasteiger partial charge in [-0.15, -0.1) is 0 Å². The minimum absolute atomic E-state index is 0.398. The molecule has 1 rings (SSSR count). The van der Waals surface area contributed by atoms with Crippen LogP contribution in [-0.4, -0.2) is 23.0 Å². The van der Waals surface area contributed by atoms with Crippen LogP contribution in [0, 0.1) is 0 Å². The zero-order valence-electron chi connectivity index (χ0n) is 3.73. The van der Waals surface area contributed by atoms with Crippen LogP contribution < -0.4 is 0 Å². The van der Waals surface area contributed by atoms with E-state index in [1.165, 1.54) is 0 Å². The van der Waals surface area contributed by atoms with Gasteiger partial charge in [0.15, 0.2) is 0 Å². The first-order valence-corrected chi connectivity index (χ1v) is 10.4. The average molecular weight is 289 g/mol. The molecule has 48 valence electrons. The van der Waals surface area contributed by atoms with Crippen LogP contribution in [0.4, 0.5) is 0 Å². The summed E-state index contributed by atoms with van der Waals surface area (Å²) in [5, 5.41) is 0.635. The summed E-state index contributed by atoms with van der Waals surface area (Å²) < 4.78 is 6.59. The van der Waals surface area contributed by atoms with Crippen LogP contribution in [0.5, 0.6) is 0 Å². The molecule has 1 heterocycles. The van der Waals surface area contributed by atoms with Crippen molar-refractivity contribution in [3.05, 3.63) is 9.16 Å². The SMILES string of the molecule is ClC1=C[Te](Cl)(Cl)OC1. The van der Waals surface area contributed by atoms with Crippen molar-refractivity contribution in [2.45, 2.75) is 0 Å². The van der Waals surface area contributed by atoms with E-state index >= 15 is 0 Å². The molecule has 0 aliphatic carbocycles. The van der Waals surface area contributed by atoms with E-state index in [0.717, 1.165) is 0 Å². The molecule has 0 atom stereocenters. The first-order valence-electron chi connectivity index (χ1n) is 1.83. The van der Waals surface area contributed by atoms with E-state index in [1.54, 1.807) is 4.12 Å². The summed E-state index contributed by atoms with van der Waals surface area (Å²) >= 11 is 2.59. The summed E-state index contributed by atoms with van der Waals surface area (Å²) in [7, 11) is 11.3. The molecule has 0 unspecified atom stereocenters. The zero-order valence-corrected chi connectivity index (χ0v) is 8.33. The Morgan fingerprint density at radius 3 is 2.38 bits per heavy atom. The molecule has 0 fully saturated rings. The van der Waals surface area contributed by atoms with E-state index in [1.807, 2.05) is 0 Å². The van der Waals surface area contributed by atoms with Crippen LogP contribution in [0.1, 0.15) is 0 Å². The van der Waals surface area contributed by atoms with Crippen LogP contribution in [0.3, 0.4) is 0 Å². The van der Waals surface area contributed by atoms with Crippen molar-refractivity contribution in [3.63, 3.8) is 0 Å². The molecule has 0 saturated carbocycles. The maximum atomic E-state index is 5.63. The van der Waals surface area contributed by atoms with Gasteiger partial charge in [-0.3, -0.25) is 0 Å². The van der Waals surface area contributed by atoms with Gasteiger partial charge >= 0.3 is 64.7 Å². The van der Waals surface area contributed by atoms with Crippen molar-refractivity contribution in [1.82, 2.24) is 0 Å². The van der Waals surface area contributed by atoms with Gasteiger partial charge in [-0.2, -0.15) is 0 Å². The third-order valence-corrected chi connectivity index (χ3v) is 6.46. The van der Waals surface area contributed by atoms with Gasteiger partial charge in [0.1, 0.15) is 0 Å². The topological polar surface area (TPSA) is 9.23 Å². The molecule has 1 aliphatic heterocycles. The van der Waals surface area contributed by atoms with E-state index in [4.69, 9.17) is 32.6 Å². The number of rotatable bonds is 0. The molecule has 1 aliphatic rings. The van der Waals surface area contributed by atoms with Gasteiger partial charge in [0, 0.05) is 0 Å². The first-order chi connectivity index (χ1) is 3.60. The van der Waals surface area contributed by atoms with Crippen LogP contribution >= 0.6 is 29.5 Å². The van der Waals surface area contributed by atoms with E-state index < -0.39 is 16.4 Å². The molecule has 0 bridgehead atoms. The molecular weight excluding hydrogens is 286 g/mol. The molecule has 0 aromatic carbocycles. The normalized spacial score (nSPS) is 29.6. The summed E-state index contributed by atoms with van der Waals surface area (Å²) in [5.41, 5.74) is 0. The molecule has 5 heteroatoms. The number of hydrogen-bond acceptors (Lipinski definition) is 1.